The number of furan rings is 1. The Kier molecular flexibility index (Phi) is 4.45. The van der Waals surface area contributed by atoms with Gasteiger partial charge in [-0.15, -0.1) is 0 Å². The Morgan fingerprint density at radius 2 is 2.12 bits per heavy atom. The number of likely N-dealkylation sites (tertiary alicyclic amines) is 1. The molecule has 0 aliphatic carbocycles. The Morgan fingerprint density at radius 3 is 2.80 bits per heavy atom. The van der Waals surface area contributed by atoms with Crippen LogP contribution in [0.5, 0.6) is 0 Å². The van der Waals surface area contributed by atoms with Crippen LogP contribution in [0.2, 0.25) is 0 Å². The molecule has 2 heterocycles. The molecule has 25 heavy (non-hydrogen) atoms. The number of halogens is 3. The Hall–Kier alpha value is -2.51. The largest absolute Gasteiger partial charge is 0.459 e. The van der Waals surface area contributed by atoms with Gasteiger partial charge in [-0.1, -0.05) is 18.2 Å². The van der Waals surface area contributed by atoms with Crippen molar-refractivity contribution in [1.29, 1.82) is 0 Å². The number of rotatable bonds is 4. The summed E-state index contributed by atoms with van der Waals surface area (Å²) >= 11 is 0. The molecule has 0 unspecified atom stereocenters. The predicted octanol–water partition coefficient (Wildman–Crippen LogP) is 3.02. The van der Waals surface area contributed by atoms with Gasteiger partial charge in [-0.25, -0.2) is 0 Å². The number of alkyl halides is 3. The van der Waals surface area contributed by atoms with Crippen molar-refractivity contribution < 1.29 is 27.2 Å². The van der Waals surface area contributed by atoms with Crippen molar-refractivity contribution in [2.45, 2.75) is 25.6 Å². The van der Waals surface area contributed by atoms with Crippen LogP contribution < -0.4 is 5.32 Å². The third-order valence-electron chi connectivity index (χ3n) is 4.19. The van der Waals surface area contributed by atoms with Gasteiger partial charge >= 0.3 is 6.18 Å². The van der Waals surface area contributed by atoms with Crippen molar-refractivity contribution in [3.63, 3.8) is 0 Å². The van der Waals surface area contributed by atoms with E-state index in [9.17, 15) is 22.8 Å². The van der Waals surface area contributed by atoms with Crippen molar-refractivity contribution in [3.8, 4) is 0 Å². The molecule has 0 bridgehead atoms. The first-order valence-corrected chi connectivity index (χ1v) is 7.86. The molecule has 0 spiro atoms. The van der Waals surface area contributed by atoms with Crippen molar-refractivity contribution in [1.82, 2.24) is 10.2 Å². The molecule has 0 radical (unpaired) electrons. The van der Waals surface area contributed by atoms with Gasteiger partial charge in [0.05, 0.1) is 12.0 Å². The summed E-state index contributed by atoms with van der Waals surface area (Å²) in [6, 6.07) is 8.73. The molecule has 1 aliphatic rings. The van der Waals surface area contributed by atoms with Crippen LogP contribution in [0.25, 0.3) is 11.0 Å². The summed E-state index contributed by atoms with van der Waals surface area (Å²) in [7, 11) is 0. The van der Waals surface area contributed by atoms with E-state index in [1.54, 1.807) is 19.1 Å². The van der Waals surface area contributed by atoms with E-state index < -0.39 is 36.5 Å². The molecular weight excluding hydrogens is 337 g/mol. The van der Waals surface area contributed by atoms with Gasteiger partial charge in [0.25, 0.3) is 0 Å². The highest BCUT2D eigenvalue weighted by atomic mass is 19.4. The highest BCUT2D eigenvalue weighted by Crippen LogP contribution is 2.26. The van der Waals surface area contributed by atoms with E-state index in [-0.39, 0.29) is 13.0 Å². The van der Waals surface area contributed by atoms with E-state index in [1.165, 1.54) is 0 Å². The monoisotopic (exact) mass is 354 g/mol. The lowest BCUT2D eigenvalue weighted by Gasteiger charge is -2.19. The molecule has 1 aliphatic heterocycles. The van der Waals surface area contributed by atoms with Gasteiger partial charge in [0.1, 0.15) is 17.9 Å². The zero-order valence-electron chi connectivity index (χ0n) is 13.5. The average molecular weight is 354 g/mol. The van der Waals surface area contributed by atoms with Gasteiger partial charge in [-0.05, 0) is 19.1 Å². The molecule has 1 aromatic carbocycles. The molecule has 8 heteroatoms. The number of nitrogens with zero attached hydrogens (tertiary/aromatic N) is 1. The highest BCUT2D eigenvalue weighted by Gasteiger charge is 2.40. The molecule has 5 nitrogen and oxygen atoms in total. The van der Waals surface area contributed by atoms with Gasteiger partial charge in [0, 0.05) is 18.4 Å². The lowest BCUT2D eigenvalue weighted by atomic mass is 10.1. The summed E-state index contributed by atoms with van der Waals surface area (Å²) in [5, 5.41) is 3.60. The summed E-state index contributed by atoms with van der Waals surface area (Å²) < 4.78 is 43.0. The van der Waals surface area contributed by atoms with Crippen LogP contribution in [0.3, 0.4) is 0 Å². The minimum absolute atomic E-state index is 0.214. The topological polar surface area (TPSA) is 62.6 Å². The third-order valence-corrected chi connectivity index (χ3v) is 4.19. The Morgan fingerprint density at radius 1 is 1.40 bits per heavy atom. The summed E-state index contributed by atoms with van der Waals surface area (Å²) in [6.07, 6.45) is -4.68. The normalized spacial score (nSPS) is 19.4. The third kappa shape index (κ3) is 3.94. The molecule has 1 fully saturated rings. The van der Waals surface area contributed by atoms with Crippen molar-refractivity contribution >= 4 is 22.8 Å². The molecule has 0 saturated carbocycles. The molecule has 2 aromatic rings. The molecule has 3 rings (SSSR count). The predicted molar refractivity (Wildman–Crippen MR) is 83.5 cm³/mol. The molecular formula is C17H17F3N2O3. The van der Waals surface area contributed by atoms with Crippen LogP contribution in [0, 0.1) is 5.92 Å². The van der Waals surface area contributed by atoms with Gasteiger partial charge in [0.2, 0.25) is 11.8 Å². The number of carbonyl (C=O) groups excluding carboxylic acids is 2. The second kappa shape index (κ2) is 6.42. The van der Waals surface area contributed by atoms with E-state index in [1.807, 2.05) is 18.2 Å². The maximum Gasteiger partial charge on any atom is 0.406 e. The fourth-order valence-corrected chi connectivity index (χ4v) is 2.94. The molecule has 134 valence electrons. The number of amides is 2. The van der Waals surface area contributed by atoms with E-state index in [2.05, 4.69) is 5.32 Å². The van der Waals surface area contributed by atoms with E-state index in [4.69, 9.17) is 4.42 Å². The quantitative estimate of drug-likeness (QED) is 0.918. The minimum atomic E-state index is -4.47. The molecule has 1 N–H and O–H groups in total. The van der Waals surface area contributed by atoms with Crippen LogP contribution >= 0.6 is 0 Å². The number of hydrogen-bond donors (Lipinski definition) is 1. The zero-order valence-corrected chi connectivity index (χ0v) is 13.5. The molecule has 1 aromatic heterocycles. The number of hydrogen-bond acceptors (Lipinski definition) is 3. The van der Waals surface area contributed by atoms with Gasteiger partial charge in [-0.3, -0.25) is 9.59 Å². The van der Waals surface area contributed by atoms with Crippen molar-refractivity contribution in [2.75, 3.05) is 13.1 Å². The van der Waals surface area contributed by atoms with Crippen LogP contribution in [0.15, 0.2) is 34.7 Å². The van der Waals surface area contributed by atoms with Crippen molar-refractivity contribution in [2.24, 2.45) is 5.92 Å². The average Bonchev–Trinajstić information content (AvgIpc) is 3.10. The molecule has 2 amide bonds. The van der Waals surface area contributed by atoms with Crippen LogP contribution in [-0.2, 0) is 9.59 Å². The van der Waals surface area contributed by atoms with Crippen LogP contribution in [0.1, 0.15) is 25.1 Å². The summed E-state index contributed by atoms with van der Waals surface area (Å²) in [6.45, 7) is 0.172. The number of benzene rings is 1. The van der Waals surface area contributed by atoms with Crippen molar-refractivity contribution in [3.05, 3.63) is 36.1 Å². The van der Waals surface area contributed by atoms with E-state index >= 15 is 0 Å². The number of fused-ring (bicyclic) bond motifs is 1. The Bertz CT molecular complexity index is 767. The minimum Gasteiger partial charge on any atom is -0.459 e. The number of carbonyl (C=O) groups is 2. The van der Waals surface area contributed by atoms with Gasteiger partial charge in [-0.2, -0.15) is 13.2 Å². The van der Waals surface area contributed by atoms with E-state index in [0.717, 1.165) is 5.39 Å². The lowest BCUT2D eigenvalue weighted by molar-refractivity contribution is -0.157. The Balaban J connectivity index is 1.63. The lowest BCUT2D eigenvalue weighted by Crippen LogP contribution is -2.37. The SMILES string of the molecule is C[C@H](NC(=O)[C@H]1CC(=O)N(CC(F)(F)F)C1)c1cc2ccccc2o1. The summed E-state index contributed by atoms with van der Waals surface area (Å²) in [5.74, 6) is -1.35. The molecule has 2 atom stereocenters. The van der Waals surface area contributed by atoms with Gasteiger partial charge < -0.3 is 14.6 Å². The maximum absolute atomic E-state index is 12.4. The highest BCUT2D eigenvalue weighted by molar-refractivity contribution is 5.89. The maximum atomic E-state index is 12.4. The number of para-hydroxylation sites is 1. The first-order chi connectivity index (χ1) is 11.7. The van der Waals surface area contributed by atoms with E-state index in [0.29, 0.717) is 16.2 Å². The Labute approximate surface area is 141 Å². The molecule has 1 saturated heterocycles. The zero-order chi connectivity index (χ0) is 18.2. The standard InChI is InChI=1S/C17H17F3N2O3/c1-10(14-6-11-4-2-3-5-13(11)25-14)21-16(24)12-7-15(23)22(8-12)9-17(18,19)20/h2-6,10,12H,7-9H2,1H3,(H,21,24)/t10-,12-/m0/s1. The fraction of sp³-hybridized carbons (Fsp3) is 0.412. The number of nitrogens with one attached hydrogen (secondary N) is 1. The van der Waals surface area contributed by atoms with Crippen LogP contribution in [0.4, 0.5) is 13.2 Å². The van der Waals surface area contributed by atoms with Gasteiger partial charge in [0.15, 0.2) is 0 Å². The smallest absolute Gasteiger partial charge is 0.406 e. The summed E-state index contributed by atoms with van der Waals surface area (Å²) in [5.41, 5.74) is 0.686. The summed E-state index contributed by atoms with van der Waals surface area (Å²) in [4.78, 5) is 24.6. The first-order valence-electron chi connectivity index (χ1n) is 7.86. The first kappa shape index (κ1) is 17.3. The second-order valence-corrected chi connectivity index (χ2v) is 6.21. The second-order valence-electron chi connectivity index (χ2n) is 6.21. The fourth-order valence-electron chi connectivity index (χ4n) is 2.94. The van der Waals surface area contributed by atoms with Crippen LogP contribution in [-0.4, -0.2) is 36.0 Å².